The lowest BCUT2D eigenvalue weighted by Gasteiger charge is -2.35. The molecule has 0 atom stereocenters. The second-order valence-electron chi connectivity index (χ2n) is 8.31. The molecule has 0 unspecified atom stereocenters. The van der Waals surface area contributed by atoms with E-state index in [1.807, 2.05) is 64.4 Å². The first-order valence-corrected chi connectivity index (χ1v) is 11.4. The summed E-state index contributed by atoms with van der Waals surface area (Å²) < 4.78 is 6.97. The topological polar surface area (TPSA) is 67.7 Å². The largest absolute Gasteiger partial charge is 0.497 e. The van der Waals surface area contributed by atoms with Crippen molar-refractivity contribution in [2.75, 3.05) is 38.2 Å². The molecule has 4 aromatic rings. The highest BCUT2D eigenvalue weighted by molar-refractivity contribution is 5.94. The van der Waals surface area contributed by atoms with Crippen LogP contribution in [0.4, 0.5) is 5.82 Å². The van der Waals surface area contributed by atoms with Gasteiger partial charge >= 0.3 is 0 Å². The maximum atomic E-state index is 13.6. The fraction of sp³-hybridized carbons (Fsp3) is 0.222. The van der Waals surface area contributed by atoms with Crippen LogP contribution in [0, 0.1) is 0 Å². The zero-order valence-electron chi connectivity index (χ0n) is 19.1. The van der Waals surface area contributed by atoms with Crippen molar-refractivity contribution in [2.24, 2.45) is 0 Å². The quantitative estimate of drug-likeness (QED) is 0.462. The summed E-state index contributed by atoms with van der Waals surface area (Å²) in [6.07, 6.45) is 0. The van der Waals surface area contributed by atoms with Gasteiger partial charge in [-0.2, -0.15) is 0 Å². The molecule has 5 rings (SSSR count). The molecule has 34 heavy (non-hydrogen) atoms. The molecule has 0 N–H and O–H groups in total. The van der Waals surface area contributed by atoms with Crippen LogP contribution >= 0.6 is 0 Å². The Morgan fingerprint density at radius 1 is 0.882 bits per heavy atom. The van der Waals surface area contributed by atoms with Gasteiger partial charge in [0.15, 0.2) is 5.82 Å². The van der Waals surface area contributed by atoms with E-state index in [0.29, 0.717) is 44.1 Å². The maximum absolute atomic E-state index is 13.6. The van der Waals surface area contributed by atoms with E-state index >= 15 is 0 Å². The number of para-hydroxylation sites is 2. The third-order valence-electron chi connectivity index (χ3n) is 6.22. The molecule has 7 nitrogen and oxygen atoms in total. The second kappa shape index (κ2) is 9.39. The van der Waals surface area contributed by atoms with Crippen molar-refractivity contribution in [3.63, 3.8) is 0 Å². The number of carbonyl (C=O) groups is 1. The Labute approximate surface area is 197 Å². The molecular weight excluding hydrogens is 428 g/mol. The van der Waals surface area contributed by atoms with Crippen LogP contribution in [0.15, 0.2) is 83.7 Å². The average molecular weight is 455 g/mol. The number of benzene rings is 3. The van der Waals surface area contributed by atoms with Gasteiger partial charge in [-0.25, -0.2) is 4.98 Å². The molecule has 0 radical (unpaired) electrons. The number of carbonyl (C=O) groups excluding carboxylic acids is 1. The summed E-state index contributed by atoms with van der Waals surface area (Å²) in [5.74, 6) is 1.14. The van der Waals surface area contributed by atoms with E-state index in [4.69, 9.17) is 9.72 Å². The van der Waals surface area contributed by atoms with Gasteiger partial charge in [0.2, 0.25) is 0 Å². The van der Waals surface area contributed by atoms with Crippen molar-refractivity contribution in [3.05, 3.63) is 100 Å². The number of methoxy groups -OCH3 is 1. The highest BCUT2D eigenvalue weighted by atomic mass is 16.5. The van der Waals surface area contributed by atoms with Crippen LogP contribution in [0.1, 0.15) is 15.9 Å². The molecule has 0 spiro atoms. The Kier molecular flexibility index (Phi) is 5.99. The van der Waals surface area contributed by atoms with Crippen molar-refractivity contribution in [1.82, 2.24) is 14.5 Å². The van der Waals surface area contributed by atoms with Crippen molar-refractivity contribution < 1.29 is 9.53 Å². The molecule has 172 valence electrons. The van der Waals surface area contributed by atoms with Crippen LogP contribution in [0.25, 0.3) is 11.0 Å². The zero-order valence-corrected chi connectivity index (χ0v) is 19.1. The third kappa shape index (κ3) is 4.24. The molecule has 1 saturated heterocycles. The number of aromatic nitrogens is 2. The average Bonchev–Trinajstić information content (AvgIpc) is 2.90. The number of anilines is 1. The number of rotatable bonds is 5. The number of piperazine rings is 1. The smallest absolute Gasteiger partial charge is 0.294 e. The number of hydrogen-bond donors (Lipinski definition) is 0. The molecule has 1 aliphatic heterocycles. The summed E-state index contributed by atoms with van der Waals surface area (Å²) in [7, 11) is 1.60. The van der Waals surface area contributed by atoms with Gasteiger partial charge in [-0.05, 0) is 42.0 Å². The fourth-order valence-corrected chi connectivity index (χ4v) is 4.35. The molecule has 0 aliphatic carbocycles. The maximum Gasteiger partial charge on any atom is 0.294 e. The first-order chi connectivity index (χ1) is 16.6. The standard InChI is InChI=1S/C27H26N4O3/c1-34-22-13-11-21(12-14-22)26(32)30-17-15-29(16-18-30)25-27(33)31(19-20-7-3-2-4-8-20)24-10-6-5-9-23(24)28-25/h2-14H,15-19H2,1H3. The van der Waals surface area contributed by atoms with Crippen LogP contribution in [0.3, 0.4) is 0 Å². The van der Waals surface area contributed by atoms with Gasteiger partial charge in [-0.3, -0.25) is 14.2 Å². The van der Waals surface area contributed by atoms with Crippen LogP contribution in [-0.2, 0) is 6.54 Å². The minimum absolute atomic E-state index is 0.0183. The number of hydrogen-bond acceptors (Lipinski definition) is 5. The van der Waals surface area contributed by atoms with Crippen LogP contribution in [-0.4, -0.2) is 53.6 Å². The molecule has 1 amide bonds. The van der Waals surface area contributed by atoms with Crippen LogP contribution in [0.2, 0.25) is 0 Å². The first kappa shape index (κ1) is 21.7. The molecule has 7 heteroatoms. The monoisotopic (exact) mass is 454 g/mol. The summed E-state index contributed by atoms with van der Waals surface area (Å²) in [6.45, 7) is 2.63. The summed E-state index contributed by atoms with van der Waals surface area (Å²) in [4.78, 5) is 35.0. The van der Waals surface area contributed by atoms with Crippen molar-refractivity contribution in [3.8, 4) is 5.75 Å². The molecule has 0 bridgehead atoms. The van der Waals surface area contributed by atoms with E-state index in [1.54, 1.807) is 35.9 Å². The lowest BCUT2D eigenvalue weighted by atomic mass is 10.1. The van der Waals surface area contributed by atoms with E-state index < -0.39 is 0 Å². The third-order valence-corrected chi connectivity index (χ3v) is 6.22. The van der Waals surface area contributed by atoms with E-state index in [9.17, 15) is 9.59 Å². The molecule has 1 aromatic heterocycles. The van der Waals surface area contributed by atoms with Gasteiger partial charge in [0.05, 0.1) is 24.7 Å². The minimum Gasteiger partial charge on any atom is -0.497 e. The van der Waals surface area contributed by atoms with Gasteiger partial charge in [0.1, 0.15) is 5.75 Å². The van der Waals surface area contributed by atoms with Gasteiger partial charge in [-0.1, -0.05) is 42.5 Å². The Morgan fingerprint density at radius 2 is 1.56 bits per heavy atom. The predicted molar refractivity (Wildman–Crippen MR) is 133 cm³/mol. The number of nitrogens with zero attached hydrogens (tertiary/aromatic N) is 4. The van der Waals surface area contributed by atoms with Crippen LogP contribution < -0.4 is 15.2 Å². The number of amides is 1. The van der Waals surface area contributed by atoms with Crippen molar-refractivity contribution >= 4 is 22.8 Å². The van der Waals surface area contributed by atoms with Gasteiger partial charge < -0.3 is 14.5 Å². The van der Waals surface area contributed by atoms with E-state index in [-0.39, 0.29) is 11.5 Å². The molecule has 1 aliphatic rings. The van der Waals surface area contributed by atoms with E-state index in [1.165, 1.54) is 0 Å². The molecule has 1 fully saturated rings. The van der Waals surface area contributed by atoms with Crippen molar-refractivity contribution in [2.45, 2.75) is 6.54 Å². The predicted octanol–water partition coefficient (Wildman–Crippen LogP) is 3.42. The number of fused-ring (bicyclic) bond motifs is 1. The molecule has 0 saturated carbocycles. The number of ether oxygens (including phenoxy) is 1. The molecule has 3 aromatic carbocycles. The first-order valence-electron chi connectivity index (χ1n) is 11.4. The van der Waals surface area contributed by atoms with Gasteiger partial charge in [0.25, 0.3) is 11.5 Å². The van der Waals surface area contributed by atoms with E-state index in [0.717, 1.165) is 22.3 Å². The van der Waals surface area contributed by atoms with E-state index in [2.05, 4.69) is 0 Å². The highest BCUT2D eigenvalue weighted by Gasteiger charge is 2.25. The minimum atomic E-state index is -0.113. The zero-order chi connectivity index (χ0) is 23.5. The summed E-state index contributed by atoms with van der Waals surface area (Å²) in [5, 5.41) is 0. The summed E-state index contributed by atoms with van der Waals surface area (Å²) >= 11 is 0. The second-order valence-corrected chi connectivity index (χ2v) is 8.31. The lowest BCUT2D eigenvalue weighted by molar-refractivity contribution is 0.0746. The Morgan fingerprint density at radius 3 is 2.26 bits per heavy atom. The van der Waals surface area contributed by atoms with Crippen LogP contribution in [0.5, 0.6) is 5.75 Å². The summed E-state index contributed by atoms with van der Waals surface area (Å²) in [5.41, 5.74) is 3.17. The normalized spacial score (nSPS) is 13.8. The Bertz CT molecular complexity index is 1360. The Balaban J connectivity index is 1.39. The Hall–Kier alpha value is -4.13. The summed E-state index contributed by atoms with van der Waals surface area (Å²) in [6, 6.07) is 24.8. The van der Waals surface area contributed by atoms with Crippen molar-refractivity contribution in [1.29, 1.82) is 0 Å². The molecule has 2 heterocycles. The van der Waals surface area contributed by atoms with Gasteiger partial charge in [-0.15, -0.1) is 0 Å². The SMILES string of the molecule is COc1ccc(C(=O)N2CCN(c3nc4ccccc4n(Cc4ccccc4)c3=O)CC2)cc1. The molecular formula is C27H26N4O3. The lowest BCUT2D eigenvalue weighted by Crippen LogP contribution is -2.50. The fourth-order valence-electron chi connectivity index (χ4n) is 4.35. The highest BCUT2D eigenvalue weighted by Crippen LogP contribution is 2.19. The van der Waals surface area contributed by atoms with Gasteiger partial charge in [0, 0.05) is 31.7 Å².